The van der Waals surface area contributed by atoms with E-state index < -0.39 is 10.0 Å². The van der Waals surface area contributed by atoms with E-state index in [0.717, 1.165) is 37.4 Å². The summed E-state index contributed by atoms with van der Waals surface area (Å²) < 4.78 is 31.8. The summed E-state index contributed by atoms with van der Waals surface area (Å²) in [5, 5.41) is 4.03. The summed E-state index contributed by atoms with van der Waals surface area (Å²) in [5.74, 6) is 0.0485. The Kier molecular flexibility index (Phi) is 6.76. The van der Waals surface area contributed by atoms with Crippen molar-refractivity contribution in [2.24, 2.45) is 5.92 Å². The van der Waals surface area contributed by atoms with Crippen LogP contribution in [0, 0.1) is 5.92 Å². The number of carbonyl (C=O) groups is 1. The number of carbonyl (C=O) groups excluding carboxylic acids is 1. The van der Waals surface area contributed by atoms with Crippen molar-refractivity contribution in [2.75, 3.05) is 54.0 Å². The summed E-state index contributed by atoms with van der Waals surface area (Å²) in [4.78, 5) is 14.5. The number of rotatable bonds is 8. The van der Waals surface area contributed by atoms with Gasteiger partial charge in [-0.2, -0.15) is 0 Å². The second-order valence-corrected chi connectivity index (χ2v) is 8.92. The summed E-state index contributed by atoms with van der Waals surface area (Å²) in [5.41, 5.74) is 0. The molecule has 24 heavy (non-hydrogen) atoms. The number of ether oxygens (including phenoxy) is 1. The number of nitrogens with zero attached hydrogens (tertiary/aromatic N) is 2. The van der Waals surface area contributed by atoms with Crippen LogP contribution in [0.2, 0.25) is 0 Å². The fraction of sp³-hybridized carbons (Fsp3) is 0.667. The molecule has 1 aromatic rings. The van der Waals surface area contributed by atoms with Crippen molar-refractivity contribution in [1.29, 1.82) is 0 Å². The van der Waals surface area contributed by atoms with E-state index in [1.165, 1.54) is 22.8 Å². The molecule has 1 unspecified atom stereocenters. The van der Waals surface area contributed by atoms with Gasteiger partial charge in [0.1, 0.15) is 0 Å². The number of thiophene rings is 1. The minimum atomic E-state index is -3.56. The molecule has 0 aromatic carbocycles. The Morgan fingerprint density at radius 2 is 2.29 bits per heavy atom. The lowest BCUT2D eigenvalue weighted by Crippen LogP contribution is -2.33. The monoisotopic (exact) mass is 375 g/mol. The number of hydrogen-bond donors (Lipinski definition) is 1. The zero-order valence-corrected chi connectivity index (χ0v) is 16.0. The lowest BCUT2D eigenvalue weighted by atomic mass is 10.1. The lowest BCUT2D eigenvalue weighted by molar-refractivity contribution is 0.0967. The van der Waals surface area contributed by atoms with Crippen molar-refractivity contribution in [1.82, 2.24) is 14.5 Å². The second-order valence-electron chi connectivity index (χ2n) is 5.96. The predicted molar refractivity (Wildman–Crippen MR) is 93.9 cm³/mol. The van der Waals surface area contributed by atoms with Gasteiger partial charge in [0.2, 0.25) is 10.0 Å². The van der Waals surface area contributed by atoms with Crippen LogP contribution in [-0.4, -0.2) is 77.5 Å². The van der Waals surface area contributed by atoms with Crippen LogP contribution < -0.4 is 5.32 Å². The standard InChI is InChI=1S/C15H25N3O4S2/c1-16-15(19)14-8-13(11-23-14)24(20,21)17(2)9-12-4-5-18(10-12)6-7-22-3/h8,11-12H,4-7,9-10H2,1-3H3,(H,16,19). The van der Waals surface area contributed by atoms with Crippen LogP contribution in [-0.2, 0) is 14.8 Å². The molecule has 1 aromatic heterocycles. The number of methoxy groups -OCH3 is 1. The van der Waals surface area contributed by atoms with Crippen molar-refractivity contribution in [3.05, 3.63) is 16.3 Å². The number of nitrogens with one attached hydrogen (secondary N) is 1. The minimum Gasteiger partial charge on any atom is -0.383 e. The van der Waals surface area contributed by atoms with E-state index in [1.54, 1.807) is 14.2 Å². The summed E-state index contributed by atoms with van der Waals surface area (Å²) in [6, 6.07) is 1.44. The van der Waals surface area contributed by atoms with Gasteiger partial charge in [-0.15, -0.1) is 11.3 Å². The Labute approximate surface area is 147 Å². The van der Waals surface area contributed by atoms with Gasteiger partial charge >= 0.3 is 0 Å². The van der Waals surface area contributed by atoms with Gasteiger partial charge < -0.3 is 15.0 Å². The molecule has 0 radical (unpaired) electrons. The fourth-order valence-corrected chi connectivity index (χ4v) is 5.28. The van der Waals surface area contributed by atoms with Crippen molar-refractivity contribution in [3.8, 4) is 0 Å². The molecule has 1 saturated heterocycles. The third-order valence-corrected chi connectivity index (χ3v) is 7.11. The van der Waals surface area contributed by atoms with Gasteiger partial charge in [-0.25, -0.2) is 12.7 Å². The van der Waals surface area contributed by atoms with Crippen LogP contribution in [0.4, 0.5) is 0 Å². The zero-order chi connectivity index (χ0) is 17.7. The fourth-order valence-electron chi connectivity index (χ4n) is 2.82. The van der Waals surface area contributed by atoms with Gasteiger partial charge in [0.05, 0.1) is 16.4 Å². The Hall–Kier alpha value is -1.00. The van der Waals surface area contributed by atoms with E-state index in [1.807, 2.05) is 0 Å². The second kappa shape index (κ2) is 8.39. The molecule has 2 rings (SSSR count). The van der Waals surface area contributed by atoms with E-state index in [9.17, 15) is 13.2 Å². The van der Waals surface area contributed by atoms with Crippen LogP contribution in [0.15, 0.2) is 16.3 Å². The first-order chi connectivity index (χ1) is 11.4. The molecule has 0 aliphatic carbocycles. The molecule has 1 atom stereocenters. The molecule has 1 amide bonds. The molecular weight excluding hydrogens is 350 g/mol. The maximum Gasteiger partial charge on any atom is 0.261 e. The number of sulfonamides is 1. The van der Waals surface area contributed by atoms with Crippen LogP contribution in [0.1, 0.15) is 16.1 Å². The molecule has 1 N–H and O–H groups in total. The smallest absolute Gasteiger partial charge is 0.261 e. The average molecular weight is 376 g/mol. The topological polar surface area (TPSA) is 79.0 Å². The Balaban J connectivity index is 1.97. The largest absolute Gasteiger partial charge is 0.383 e. The molecule has 0 bridgehead atoms. The van der Waals surface area contributed by atoms with Crippen LogP contribution in [0.3, 0.4) is 0 Å². The highest BCUT2D eigenvalue weighted by atomic mass is 32.2. The molecule has 0 saturated carbocycles. The maximum absolute atomic E-state index is 12.7. The first-order valence-electron chi connectivity index (χ1n) is 7.86. The molecule has 136 valence electrons. The van der Waals surface area contributed by atoms with Crippen LogP contribution in [0.25, 0.3) is 0 Å². The van der Waals surface area contributed by atoms with Gasteiger partial charge in [0, 0.05) is 46.2 Å². The maximum atomic E-state index is 12.7. The summed E-state index contributed by atoms with van der Waals surface area (Å²) in [6.45, 7) is 3.91. The molecule has 0 spiro atoms. The van der Waals surface area contributed by atoms with E-state index in [-0.39, 0.29) is 10.8 Å². The highest BCUT2D eigenvalue weighted by Gasteiger charge is 2.29. The van der Waals surface area contributed by atoms with Crippen molar-refractivity contribution < 1.29 is 17.9 Å². The molecule has 9 heteroatoms. The molecule has 7 nitrogen and oxygen atoms in total. The first kappa shape index (κ1) is 19.3. The van der Waals surface area contributed by atoms with Gasteiger partial charge in [-0.05, 0) is 24.9 Å². The highest BCUT2D eigenvalue weighted by molar-refractivity contribution is 7.89. The quantitative estimate of drug-likeness (QED) is 0.723. The van der Waals surface area contributed by atoms with E-state index in [0.29, 0.717) is 23.9 Å². The lowest BCUT2D eigenvalue weighted by Gasteiger charge is -2.21. The Morgan fingerprint density at radius 3 is 2.96 bits per heavy atom. The third-order valence-electron chi connectivity index (χ3n) is 4.23. The Bertz CT molecular complexity index is 659. The minimum absolute atomic E-state index is 0.183. The van der Waals surface area contributed by atoms with Crippen molar-refractivity contribution in [3.63, 3.8) is 0 Å². The first-order valence-corrected chi connectivity index (χ1v) is 10.2. The molecule has 2 heterocycles. The zero-order valence-electron chi connectivity index (χ0n) is 14.3. The Morgan fingerprint density at radius 1 is 1.54 bits per heavy atom. The summed E-state index contributed by atoms with van der Waals surface area (Å²) in [6.07, 6.45) is 0.983. The van der Waals surface area contributed by atoms with Gasteiger partial charge in [-0.3, -0.25) is 4.79 Å². The SMILES string of the molecule is CNC(=O)c1cc(S(=O)(=O)N(C)CC2CCN(CCOC)C2)cs1. The molecule has 1 aliphatic rings. The highest BCUT2D eigenvalue weighted by Crippen LogP contribution is 2.24. The predicted octanol–water partition coefficient (Wildman–Crippen LogP) is 0.697. The van der Waals surface area contributed by atoms with E-state index in [2.05, 4.69) is 10.2 Å². The van der Waals surface area contributed by atoms with Crippen LogP contribution in [0.5, 0.6) is 0 Å². The molecular formula is C15H25N3O4S2. The van der Waals surface area contributed by atoms with Crippen molar-refractivity contribution in [2.45, 2.75) is 11.3 Å². The molecule has 1 aliphatic heterocycles. The van der Waals surface area contributed by atoms with E-state index >= 15 is 0 Å². The number of amides is 1. The summed E-state index contributed by atoms with van der Waals surface area (Å²) in [7, 11) is 1.25. The van der Waals surface area contributed by atoms with Crippen molar-refractivity contribution >= 4 is 27.3 Å². The normalized spacial score (nSPS) is 19.1. The summed E-state index contributed by atoms with van der Waals surface area (Å²) >= 11 is 1.14. The van der Waals surface area contributed by atoms with Gasteiger partial charge in [-0.1, -0.05) is 0 Å². The van der Waals surface area contributed by atoms with Gasteiger partial charge in [0.25, 0.3) is 5.91 Å². The number of likely N-dealkylation sites (tertiary alicyclic amines) is 1. The van der Waals surface area contributed by atoms with E-state index in [4.69, 9.17) is 4.74 Å². The number of hydrogen-bond acceptors (Lipinski definition) is 6. The average Bonchev–Trinajstić information content (AvgIpc) is 3.21. The third kappa shape index (κ3) is 4.54. The van der Waals surface area contributed by atoms with Crippen LogP contribution >= 0.6 is 11.3 Å². The molecule has 1 fully saturated rings. The van der Waals surface area contributed by atoms with Gasteiger partial charge in [0.15, 0.2) is 0 Å².